The number of hydrogen-bond acceptors (Lipinski definition) is 3. The number of carbonyl (C=O) groups excluding carboxylic acids is 1. The second kappa shape index (κ2) is 4.56. The summed E-state index contributed by atoms with van der Waals surface area (Å²) in [4.78, 5) is 11.5. The molecule has 0 radical (unpaired) electrons. The SMILES string of the molecule is CCOC(=O)C1CC1C1=CC=C(N)C=CC1. The summed E-state index contributed by atoms with van der Waals surface area (Å²) in [6.45, 7) is 2.31. The van der Waals surface area contributed by atoms with Crippen molar-refractivity contribution in [3.63, 3.8) is 0 Å². The lowest BCUT2D eigenvalue weighted by atomic mass is 10.1. The van der Waals surface area contributed by atoms with E-state index in [4.69, 9.17) is 10.5 Å². The number of nitrogens with two attached hydrogens (primary N) is 1. The molecule has 0 heterocycles. The molecule has 86 valence electrons. The summed E-state index contributed by atoms with van der Waals surface area (Å²) in [5.74, 6) is 0.386. The Morgan fingerprint density at radius 3 is 3.12 bits per heavy atom. The maximum absolute atomic E-state index is 11.5. The van der Waals surface area contributed by atoms with Gasteiger partial charge in [0.2, 0.25) is 0 Å². The van der Waals surface area contributed by atoms with Crippen molar-refractivity contribution in [2.24, 2.45) is 17.6 Å². The van der Waals surface area contributed by atoms with Gasteiger partial charge in [-0.2, -0.15) is 0 Å². The molecule has 2 unspecified atom stereocenters. The first-order chi connectivity index (χ1) is 7.72. The highest BCUT2D eigenvalue weighted by molar-refractivity contribution is 5.76. The van der Waals surface area contributed by atoms with Gasteiger partial charge in [0, 0.05) is 5.70 Å². The van der Waals surface area contributed by atoms with Gasteiger partial charge in [-0.25, -0.2) is 0 Å². The molecule has 0 aromatic carbocycles. The molecule has 0 aromatic heterocycles. The Labute approximate surface area is 95.7 Å². The molecule has 0 saturated heterocycles. The molecule has 0 bridgehead atoms. The standard InChI is InChI=1S/C13H17NO2/c1-2-16-13(15)12-8-11(12)9-4-3-5-10(14)7-6-9/h3,5-7,11-12H,2,4,8,14H2,1H3. The summed E-state index contributed by atoms with van der Waals surface area (Å²) in [7, 11) is 0. The van der Waals surface area contributed by atoms with Crippen LogP contribution in [0.3, 0.4) is 0 Å². The fourth-order valence-electron chi connectivity index (χ4n) is 2.05. The van der Waals surface area contributed by atoms with Crippen LogP contribution in [0.2, 0.25) is 0 Å². The molecule has 1 saturated carbocycles. The number of allylic oxidation sites excluding steroid dienone is 5. The van der Waals surface area contributed by atoms with Crippen LogP contribution in [-0.2, 0) is 9.53 Å². The fraction of sp³-hybridized carbons (Fsp3) is 0.462. The third-order valence-electron chi connectivity index (χ3n) is 3.01. The summed E-state index contributed by atoms with van der Waals surface area (Å²) in [5.41, 5.74) is 7.75. The van der Waals surface area contributed by atoms with E-state index in [1.165, 1.54) is 5.57 Å². The highest BCUT2D eigenvalue weighted by Crippen LogP contribution is 2.46. The van der Waals surface area contributed by atoms with Crippen molar-refractivity contribution in [1.29, 1.82) is 0 Å². The van der Waals surface area contributed by atoms with Gasteiger partial charge in [0.1, 0.15) is 0 Å². The van der Waals surface area contributed by atoms with Gasteiger partial charge in [-0.05, 0) is 37.8 Å². The second-order valence-corrected chi connectivity index (χ2v) is 4.22. The normalized spacial score (nSPS) is 27.8. The topological polar surface area (TPSA) is 52.3 Å². The van der Waals surface area contributed by atoms with E-state index < -0.39 is 0 Å². The van der Waals surface area contributed by atoms with Gasteiger partial charge in [-0.3, -0.25) is 4.79 Å². The van der Waals surface area contributed by atoms with E-state index in [1.54, 1.807) is 0 Å². The van der Waals surface area contributed by atoms with Crippen LogP contribution in [-0.4, -0.2) is 12.6 Å². The van der Waals surface area contributed by atoms with Crippen LogP contribution in [0.25, 0.3) is 0 Å². The third-order valence-corrected chi connectivity index (χ3v) is 3.01. The number of ether oxygens (including phenoxy) is 1. The van der Waals surface area contributed by atoms with Crippen LogP contribution in [0, 0.1) is 11.8 Å². The molecule has 1 fully saturated rings. The summed E-state index contributed by atoms with van der Waals surface area (Å²) in [6, 6.07) is 0. The van der Waals surface area contributed by atoms with E-state index in [1.807, 2.05) is 31.2 Å². The smallest absolute Gasteiger partial charge is 0.309 e. The average molecular weight is 219 g/mol. The van der Waals surface area contributed by atoms with E-state index in [0.717, 1.165) is 18.5 Å². The summed E-state index contributed by atoms with van der Waals surface area (Å²) < 4.78 is 5.01. The van der Waals surface area contributed by atoms with E-state index in [0.29, 0.717) is 12.5 Å². The van der Waals surface area contributed by atoms with E-state index >= 15 is 0 Å². The van der Waals surface area contributed by atoms with Crippen LogP contribution in [0.15, 0.2) is 35.6 Å². The highest BCUT2D eigenvalue weighted by Gasteiger charge is 2.45. The molecule has 3 heteroatoms. The van der Waals surface area contributed by atoms with Crippen LogP contribution in [0.4, 0.5) is 0 Å². The molecule has 2 rings (SSSR count). The Hall–Kier alpha value is -1.51. The van der Waals surface area contributed by atoms with Crippen molar-refractivity contribution in [2.75, 3.05) is 6.61 Å². The molecule has 0 aliphatic heterocycles. The zero-order valence-corrected chi connectivity index (χ0v) is 9.48. The summed E-state index contributed by atoms with van der Waals surface area (Å²) in [5, 5.41) is 0. The van der Waals surface area contributed by atoms with Gasteiger partial charge < -0.3 is 10.5 Å². The Bertz CT molecular complexity index is 379. The van der Waals surface area contributed by atoms with E-state index in [-0.39, 0.29) is 11.9 Å². The minimum absolute atomic E-state index is 0.0569. The lowest BCUT2D eigenvalue weighted by molar-refractivity contribution is -0.144. The lowest BCUT2D eigenvalue weighted by Crippen LogP contribution is -2.08. The Morgan fingerprint density at radius 2 is 2.38 bits per heavy atom. The van der Waals surface area contributed by atoms with Gasteiger partial charge >= 0.3 is 5.97 Å². The van der Waals surface area contributed by atoms with E-state index in [9.17, 15) is 4.79 Å². The molecule has 2 aliphatic rings. The fourth-order valence-corrected chi connectivity index (χ4v) is 2.05. The molecule has 2 N–H and O–H groups in total. The zero-order valence-electron chi connectivity index (χ0n) is 9.48. The number of hydrogen-bond donors (Lipinski definition) is 1. The predicted octanol–water partition coefficient (Wildman–Crippen LogP) is 1.91. The largest absolute Gasteiger partial charge is 0.466 e. The molecule has 0 aromatic rings. The Morgan fingerprint density at radius 1 is 1.56 bits per heavy atom. The number of rotatable bonds is 3. The summed E-state index contributed by atoms with van der Waals surface area (Å²) in [6.07, 6.45) is 9.71. The Kier molecular flexibility index (Phi) is 3.13. The quantitative estimate of drug-likeness (QED) is 0.738. The monoisotopic (exact) mass is 219 g/mol. The molecule has 0 spiro atoms. The predicted molar refractivity (Wildman–Crippen MR) is 62.3 cm³/mol. The van der Waals surface area contributed by atoms with Crippen molar-refractivity contribution in [1.82, 2.24) is 0 Å². The molecule has 0 amide bonds. The third kappa shape index (κ3) is 2.35. The molecule has 3 nitrogen and oxygen atoms in total. The number of esters is 1. The zero-order chi connectivity index (χ0) is 11.5. The molecular weight excluding hydrogens is 202 g/mol. The first-order valence-electron chi connectivity index (χ1n) is 5.71. The molecular formula is C13H17NO2. The van der Waals surface area contributed by atoms with Crippen molar-refractivity contribution >= 4 is 5.97 Å². The van der Waals surface area contributed by atoms with Crippen LogP contribution in [0.1, 0.15) is 19.8 Å². The van der Waals surface area contributed by atoms with Crippen LogP contribution in [0.5, 0.6) is 0 Å². The summed E-state index contributed by atoms with van der Waals surface area (Å²) >= 11 is 0. The van der Waals surface area contributed by atoms with Crippen LogP contribution >= 0.6 is 0 Å². The Balaban J connectivity index is 1.97. The minimum atomic E-state index is -0.0569. The van der Waals surface area contributed by atoms with Crippen molar-refractivity contribution < 1.29 is 9.53 Å². The maximum atomic E-state index is 11.5. The van der Waals surface area contributed by atoms with E-state index in [2.05, 4.69) is 0 Å². The van der Waals surface area contributed by atoms with Crippen LogP contribution < -0.4 is 5.73 Å². The van der Waals surface area contributed by atoms with Crippen molar-refractivity contribution in [2.45, 2.75) is 19.8 Å². The van der Waals surface area contributed by atoms with Gasteiger partial charge in [0.05, 0.1) is 12.5 Å². The van der Waals surface area contributed by atoms with Gasteiger partial charge in [0.15, 0.2) is 0 Å². The van der Waals surface area contributed by atoms with Gasteiger partial charge in [-0.1, -0.05) is 17.7 Å². The van der Waals surface area contributed by atoms with Gasteiger partial charge in [0.25, 0.3) is 0 Å². The second-order valence-electron chi connectivity index (χ2n) is 4.22. The molecule has 2 atom stereocenters. The first kappa shape index (κ1) is 11.0. The maximum Gasteiger partial charge on any atom is 0.309 e. The average Bonchev–Trinajstić information content (AvgIpc) is 3.02. The van der Waals surface area contributed by atoms with Crippen molar-refractivity contribution in [3.05, 3.63) is 35.6 Å². The van der Waals surface area contributed by atoms with Gasteiger partial charge in [-0.15, -0.1) is 0 Å². The first-order valence-corrected chi connectivity index (χ1v) is 5.71. The van der Waals surface area contributed by atoms with Crippen molar-refractivity contribution in [3.8, 4) is 0 Å². The molecule has 2 aliphatic carbocycles. The molecule has 16 heavy (non-hydrogen) atoms. The lowest BCUT2D eigenvalue weighted by Gasteiger charge is -2.02. The number of carbonyl (C=O) groups is 1. The highest BCUT2D eigenvalue weighted by atomic mass is 16.5. The minimum Gasteiger partial charge on any atom is -0.466 e.